The van der Waals surface area contributed by atoms with E-state index in [2.05, 4.69) is 32.8 Å². The van der Waals surface area contributed by atoms with Gasteiger partial charge >= 0.3 is 17.9 Å². The number of aliphatic carboxylic acids is 1. The Morgan fingerprint density at radius 1 is 0.884 bits per heavy atom. The van der Waals surface area contributed by atoms with Gasteiger partial charge in [0.25, 0.3) is 5.91 Å². The van der Waals surface area contributed by atoms with Crippen LogP contribution in [0.3, 0.4) is 0 Å². The Morgan fingerprint density at radius 2 is 1.50 bits per heavy atom. The van der Waals surface area contributed by atoms with Crippen LogP contribution in [0.1, 0.15) is 174 Å². The van der Waals surface area contributed by atoms with Gasteiger partial charge in [-0.15, -0.1) is 11.3 Å². The van der Waals surface area contributed by atoms with Gasteiger partial charge in [0.2, 0.25) is 29.3 Å². The molecule has 1 aromatic carbocycles. The Bertz CT molecular complexity index is 2760. The summed E-state index contributed by atoms with van der Waals surface area (Å²) in [4.78, 5) is 154. The molecule has 0 saturated carbocycles. The van der Waals surface area contributed by atoms with Crippen LogP contribution < -0.4 is 20.7 Å². The van der Waals surface area contributed by atoms with Gasteiger partial charge in [0.15, 0.2) is 23.4 Å². The zero-order valence-corrected chi connectivity index (χ0v) is 53.5. The van der Waals surface area contributed by atoms with E-state index in [-0.39, 0.29) is 136 Å². The number of nitrogens with one attached hydrogen (secondary N) is 3. The smallest absolute Gasteiger partial charge is 0.313 e. The highest BCUT2D eigenvalue weighted by Crippen LogP contribution is 2.34. The number of likely N-dealkylation sites (N-methyl/N-ethyl adjacent to an activating group) is 1. The minimum atomic E-state index is -1.13. The van der Waals surface area contributed by atoms with Crippen LogP contribution in [0.5, 0.6) is 5.75 Å². The maximum absolute atomic E-state index is 14.5. The van der Waals surface area contributed by atoms with E-state index in [4.69, 9.17) is 18.9 Å². The van der Waals surface area contributed by atoms with Crippen LogP contribution in [0.25, 0.3) is 0 Å². The SMILES string of the molecule is CC[C@H](C)[C@H](CC(=O)C(C)(C)N(C)C)C(=O)N(C)[C@H](C[C@@H](OC(C)=O)c1nc(C(=O)N[C@@H](Cc2ccc3c(c2)NC(=O)C(C(C)C)CC(=O)C(C)NC(=O)CCOCCCC(=O)C#CC(=O)CCCOCCC(=O)O3)CC(C)C(=O)O)cs1)C(C)C. The van der Waals surface area contributed by atoms with E-state index in [0.717, 1.165) is 11.3 Å². The summed E-state index contributed by atoms with van der Waals surface area (Å²) in [5.74, 6) is -4.46. The number of thiazole rings is 1. The van der Waals surface area contributed by atoms with Gasteiger partial charge in [-0.3, -0.25) is 57.6 Å². The number of carboxylic acid groups (broad SMARTS) is 1. The molecule has 0 aliphatic carbocycles. The third-order valence-electron chi connectivity index (χ3n) is 15.7. The largest absolute Gasteiger partial charge is 0.481 e. The number of carboxylic acids is 1. The summed E-state index contributed by atoms with van der Waals surface area (Å²) in [5.41, 5.74) is -0.376. The highest BCUT2D eigenvalue weighted by Gasteiger charge is 2.39. The number of ether oxygens (including phenoxy) is 4. The van der Waals surface area contributed by atoms with Gasteiger partial charge < -0.3 is 44.9 Å². The molecule has 2 aromatic rings. The molecule has 3 unspecified atom stereocenters. The monoisotopic (exact) mass is 1220 g/mol. The van der Waals surface area contributed by atoms with Gasteiger partial charge in [0.05, 0.1) is 42.8 Å². The Morgan fingerprint density at radius 3 is 2.06 bits per heavy atom. The van der Waals surface area contributed by atoms with Gasteiger partial charge in [-0.05, 0) is 108 Å². The van der Waals surface area contributed by atoms with Crippen LogP contribution in [0, 0.1) is 47.3 Å². The second-order valence-electron chi connectivity index (χ2n) is 23.7. The number of fused-ring (bicyclic) bond motifs is 1. The number of benzene rings is 1. The molecule has 0 radical (unpaired) electrons. The van der Waals surface area contributed by atoms with Crippen molar-refractivity contribution in [1.29, 1.82) is 0 Å². The van der Waals surface area contributed by atoms with Crippen LogP contribution in [-0.4, -0.2) is 156 Å². The molecule has 0 spiro atoms. The number of carbonyl (C=O) groups excluding carboxylic acids is 10. The van der Waals surface area contributed by atoms with Crippen molar-refractivity contribution >= 4 is 81.7 Å². The standard InChI is InChI=1S/C63H92N6O16S/c1-15-39(6)48(34-55(74)63(10,11)68(12)13)61(79)69(14)51(38(4)5)35-54(84-42(9)70)60-67-50(36-86-60)59(78)65-44(30-40(7)62(80)81)31-43-20-23-53-49(32-43)66-58(77)47(37(2)3)33-52(73)41(8)64-56(75)24-28-82-26-16-18-45(71)21-22-46(72)19-17-27-83-29-25-57(76)85-53/h20,23,32,36-41,44,47-48,51,54H,15-19,24-31,33-35H2,1-14H3,(H,64,75)(H,65,78)(H,66,77)(H,80,81)/t39-,40?,41?,44+,47?,48-,51+,54+/m0/s1. The molecule has 2 heterocycles. The summed E-state index contributed by atoms with van der Waals surface area (Å²) in [7, 11) is 5.32. The summed E-state index contributed by atoms with van der Waals surface area (Å²) < 4.78 is 22.7. The summed E-state index contributed by atoms with van der Waals surface area (Å²) in [6.45, 7) is 19.4. The third kappa shape index (κ3) is 24.2. The van der Waals surface area contributed by atoms with Crippen molar-refractivity contribution in [3.63, 3.8) is 0 Å². The number of hydrogen-bond acceptors (Lipinski definition) is 18. The predicted octanol–water partition coefficient (Wildman–Crippen LogP) is 7.14. The Kier molecular flexibility index (Phi) is 30.6. The normalized spacial score (nSPS) is 19.2. The van der Waals surface area contributed by atoms with E-state index in [1.165, 1.54) is 38.3 Å². The first kappa shape index (κ1) is 73.5. The number of aromatic nitrogens is 1. The van der Waals surface area contributed by atoms with E-state index in [1.807, 2.05) is 60.5 Å². The van der Waals surface area contributed by atoms with Gasteiger partial charge in [0, 0.05) is 95.0 Å². The molecule has 4 N–H and O–H groups in total. The lowest BCUT2D eigenvalue weighted by Gasteiger charge is -2.38. The lowest BCUT2D eigenvalue weighted by atomic mass is 9.81. The molecule has 22 nitrogen and oxygen atoms in total. The van der Waals surface area contributed by atoms with Crippen LogP contribution in [0.15, 0.2) is 23.6 Å². The molecule has 86 heavy (non-hydrogen) atoms. The van der Waals surface area contributed by atoms with E-state index in [9.17, 15) is 57.8 Å². The van der Waals surface area contributed by atoms with Crippen molar-refractivity contribution in [3.8, 4) is 17.6 Å². The molecule has 0 bridgehead atoms. The molecule has 1 aromatic heterocycles. The van der Waals surface area contributed by atoms with E-state index >= 15 is 0 Å². The zero-order valence-electron chi connectivity index (χ0n) is 52.7. The Balaban J connectivity index is 1.98. The number of anilines is 1. The molecule has 0 fully saturated rings. The van der Waals surface area contributed by atoms with Crippen LogP contribution in [0.2, 0.25) is 0 Å². The fraction of sp³-hybridized carbons (Fsp3) is 0.651. The topological polar surface area (TPSA) is 300 Å². The minimum Gasteiger partial charge on any atom is -0.481 e. The number of amides is 4. The molecule has 8 atom stereocenters. The fourth-order valence-corrected chi connectivity index (χ4v) is 10.2. The maximum Gasteiger partial charge on any atom is 0.313 e. The minimum absolute atomic E-state index is 0.00752. The quantitative estimate of drug-likeness (QED) is 0.0418. The van der Waals surface area contributed by atoms with E-state index in [1.54, 1.807) is 31.9 Å². The lowest BCUT2D eigenvalue weighted by molar-refractivity contribution is -0.150. The predicted molar refractivity (Wildman–Crippen MR) is 323 cm³/mol. The third-order valence-corrected chi connectivity index (χ3v) is 16.7. The summed E-state index contributed by atoms with van der Waals surface area (Å²) in [5, 5.41) is 20.2. The van der Waals surface area contributed by atoms with Crippen molar-refractivity contribution in [1.82, 2.24) is 25.4 Å². The highest BCUT2D eigenvalue weighted by atomic mass is 32.1. The first-order chi connectivity index (χ1) is 40.4. The van der Waals surface area contributed by atoms with Crippen LogP contribution >= 0.6 is 11.3 Å². The van der Waals surface area contributed by atoms with E-state index in [0.29, 0.717) is 18.4 Å². The first-order valence-electron chi connectivity index (χ1n) is 29.7. The second-order valence-corrected chi connectivity index (χ2v) is 24.6. The average Bonchev–Trinajstić information content (AvgIpc) is 3.56. The van der Waals surface area contributed by atoms with Gasteiger partial charge in [-0.1, -0.05) is 61.0 Å². The molecule has 476 valence electrons. The fourth-order valence-electron chi connectivity index (χ4n) is 9.41. The first-order valence-corrected chi connectivity index (χ1v) is 30.6. The Labute approximate surface area is 510 Å². The van der Waals surface area contributed by atoms with Gasteiger partial charge in [0.1, 0.15) is 10.7 Å². The summed E-state index contributed by atoms with van der Waals surface area (Å²) in [6, 6.07) is 2.18. The number of rotatable bonds is 21. The lowest BCUT2D eigenvalue weighted by Crippen LogP contribution is -2.50. The molecule has 0 saturated heterocycles. The van der Waals surface area contributed by atoms with Crippen LogP contribution in [-0.2, 0) is 68.6 Å². The van der Waals surface area contributed by atoms with Gasteiger partial charge in [-0.25, -0.2) is 4.98 Å². The number of Topliss-reactive ketones (excluding diaryl/α,β-unsaturated/α-hetero) is 4. The molecular weight excluding hydrogens is 1130 g/mol. The van der Waals surface area contributed by atoms with Crippen molar-refractivity contribution in [2.24, 2.45) is 35.5 Å². The van der Waals surface area contributed by atoms with E-state index < -0.39 is 106 Å². The van der Waals surface area contributed by atoms with Crippen molar-refractivity contribution in [2.45, 2.75) is 183 Å². The van der Waals surface area contributed by atoms with Crippen LogP contribution in [0.4, 0.5) is 5.69 Å². The number of nitrogens with zero attached hydrogens (tertiary/aromatic N) is 3. The number of esters is 2. The molecule has 1 aliphatic heterocycles. The number of hydrogen-bond donors (Lipinski definition) is 4. The molecule has 3 rings (SSSR count). The maximum atomic E-state index is 14.5. The summed E-state index contributed by atoms with van der Waals surface area (Å²) in [6.07, 6.45) is -0.194. The molecule has 4 amide bonds. The zero-order chi connectivity index (χ0) is 64.6. The van der Waals surface area contributed by atoms with Gasteiger partial charge in [-0.2, -0.15) is 0 Å². The highest BCUT2D eigenvalue weighted by molar-refractivity contribution is 7.09. The van der Waals surface area contributed by atoms with Crippen molar-refractivity contribution < 1.29 is 76.8 Å². The second kappa shape index (κ2) is 35.8. The number of carbonyl (C=O) groups is 11. The van der Waals surface area contributed by atoms with Crippen molar-refractivity contribution in [2.75, 3.05) is 52.9 Å². The molecule has 23 heteroatoms. The Hall–Kier alpha value is -6.74. The number of ketones is 4. The summed E-state index contributed by atoms with van der Waals surface area (Å²) >= 11 is 1.07. The molecule has 1 aliphatic rings. The molecular formula is C63H92N6O16S. The average molecular weight is 1220 g/mol. The van der Waals surface area contributed by atoms with Crippen molar-refractivity contribution in [3.05, 3.63) is 39.8 Å².